The Hall–Kier alpha value is -1.55. The molecule has 0 aliphatic carbocycles. The summed E-state index contributed by atoms with van der Waals surface area (Å²) in [6.07, 6.45) is 0. The zero-order valence-electron chi connectivity index (χ0n) is 6.53. The van der Waals surface area contributed by atoms with E-state index in [0.717, 1.165) is 0 Å². The largest absolute Gasteiger partial charge is 0.478 e. The number of carboxylic acids is 1. The van der Waals surface area contributed by atoms with Gasteiger partial charge in [0.1, 0.15) is 0 Å². The van der Waals surface area contributed by atoms with Crippen LogP contribution in [-0.4, -0.2) is 16.3 Å². The first-order valence-electron chi connectivity index (χ1n) is 3.39. The number of carboxylic acid groups (broad SMARTS) is 1. The topological polar surface area (TPSA) is 69.6 Å². The SMILES string of the molecule is Cc1cc(C(=O)O)ccc1NO. The monoisotopic (exact) mass is 167 g/mol. The number of hydrogen-bond acceptors (Lipinski definition) is 3. The van der Waals surface area contributed by atoms with Crippen LogP contribution in [0.4, 0.5) is 5.69 Å². The van der Waals surface area contributed by atoms with E-state index < -0.39 is 5.97 Å². The molecule has 64 valence electrons. The molecular formula is C8H9NO3. The second-order valence-corrected chi connectivity index (χ2v) is 2.45. The second kappa shape index (κ2) is 3.23. The Morgan fingerprint density at radius 1 is 1.50 bits per heavy atom. The molecule has 12 heavy (non-hydrogen) atoms. The molecule has 0 unspecified atom stereocenters. The van der Waals surface area contributed by atoms with Gasteiger partial charge in [-0.25, -0.2) is 4.79 Å². The van der Waals surface area contributed by atoms with Crippen LogP contribution in [0.5, 0.6) is 0 Å². The molecule has 1 rings (SSSR count). The van der Waals surface area contributed by atoms with Crippen LogP contribution in [0.15, 0.2) is 18.2 Å². The minimum Gasteiger partial charge on any atom is -0.478 e. The van der Waals surface area contributed by atoms with Gasteiger partial charge in [0.2, 0.25) is 0 Å². The fourth-order valence-electron chi connectivity index (χ4n) is 0.922. The van der Waals surface area contributed by atoms with E-state index in [4.69, 9.17) is 10.3 Å². The summed E-state index contributed by atoms with van der Waals surface area (Å²) in [5, 5.41) is 17.1. The number of rotatable bonds is 2. The van der Waals surface area contributed by atoms with Crippen molar-refractivity contribution in [3.63, 3.8) is 0 Å². The summed E-state index contributed by atoms with van der Waals surface area (Å²) in [5.74, 6) is -0.970. The van der Waals surface area contributed by atoms with Gasteiger partial charge in [-0.1, -0.05) is 0 Å². The van der Waals surface area contributed by atoms with Crippen molar-refractivity contribution in [2.45, 2.75) is 6.92 Å². The van der Waals surface area contributed by atoms with E-state index in [1.165, 1.54) is 18.2 Å². The summed E-state index contributed by atoms with van der Waals surface area (Å²) in [6.45, 7) is 1.71. The molecule has 0 aliphatic rings. The first-order valence-corrected chi connectivity index (χ1v) is 3.39. The number of hydrogen-bond donors (Lipinski definition) is 3. The molecule has 0 saturated carbocycles. The van der Waals surface area contributed by atoms with Crippen molar-refractivity contribution in [3.05, 3.63) is 29.3 Å². The van der Waals surface area contributed by atoms with Gasteiger partial charge in [0.15, 0.2) is 0 Å². The molecule has 0 amide bonds. The Kier molecular flexibility index (Phi) is 2.30. The molecule has 1 aromatic rings. The minimum absolute atomic E-state index is 0.214. The second-order valence-electron chi connectivity index (χ2n) is 2.45. The van der Waals surface area contributed by atoms with Gasteiger partial charge in [0.25, 0.3) is 0 Å². The number of aromatic carboxylic acids is 1. The van der Waals surface area contributed by atoms with Crippen LogP contribution in [0.25, 0.3) is 0 Å². The standard InChI is InChI=1S/C8H9NO3/c1-5-4-6(8(10)11)2-3-7(5)9-12/h2-4,9,12H,1H3,(H,10,11). The van der Waals surface area contributed by atoms with E-state index in [9.17, 15) is 4.79 Å². The highest BCUT2D eigenvalue weighted by Gasteiger charge is 2.04. The molecule has 0 heterocycles. The molecule has 0 radical (unpaired) electrons. The molecule has 0 spiro atoms. The van der Waals surface area contributed by atoms with Gasteiger partial charge in [-0.15, -0.1) is 0 Å². The summed E-state index contributed by atoms with van der Waals surface area (Å²) in [5.41, 5.74) is 3.39. The summed E-state index contributed by atoms with van der Waals surface area (Å²) in [6, 6.07) is 4.42. The number of benzene rings is 1. The quantitative estimate of drug-likeness (QED) is 0.584. The van der Waals surface area contributed by atoms with E-state index in [1.54, 1.807) is 6.92 Å². The van der Waals surface area contributed by atoms with Crippen molar-refractivity contribution < 1.29 is 15.1 Å². The highest BCUT2D eigenvalue weighted by molar-refractivity contribution is 5.88. The lowest BCUT2D eigenvalue weighted by Gasteiger charge is -2.03. The summed E-state index contributed by atoms with van der Waals surface area (Å²) in [7, 11) is 0. The van der Waals surface area contributed by atoms with Crippen LogP contribution >= 0.6 is 0 Å². The average Bonchev–Trinajstić information content (AvgIpc) is 2.04. The number of carbonyl (C=O) groups is 1. The average molecular weight is 167 g/mol. The molecule has 0 aliphatic heterocycles. The highest BCUT2D eigenvalue weighted by Crippen LogP contribution is 2.15. The normalized spacial score (nSPS) is 9.50. The fourth-order valence-corrected chi connectivity index (χ4v) is 0.922. The van der Waals surface area contributed by atoms with Crippen molar-refractivity contribution >= 4 is 11.7 Å². The van der Waals surface area contributed by atoms with E-state index in [2.05, 4.69) is 0 Å². The van der Waals surface area contributed by atoms with Gasteiger partial charge >= 0.3 is 5.97 Å². The third-order valence-electron chi connectivity index (χ3n) is 1.59. The molecule has 3 N–H and O–H groups in total. The first kappa shape index (κ1) is 8.55. The maximum atomic E-state index is 10.5. The number of nitrogens with one attached hydrogen (secondary N) is 1. The van der Waals surface area contributed by atoms with Gasteiger partial charge in [-0.2, -0.15) is 0 Å². The van der Waals surface area contributed by atoms with Gasteiger partial charge in [0, 0.05) is 0 Å². The van der Waals surface area contributed by atoms with Crippen LogP contribution < -0.4 is 5.48 Å². The Bertz CT molecular complexity index is 309. The zero-order valence-corrected chi connectivity index (χ0v) is 6.53. The molecule has 4 nitrogen and oxygen atoms in total. The van der Waals surface area contributed by atoms with Gasteiger partial charge in [0.05, 0.1) is 11.3 Å². The lowest BCUT2D eigenvalue weighted by molar-refractivity contribution is 0.0697. The molecule has 1 aromatic carbocycles. The Balaban J connectivity index is 3.10. The molecule has 0 saturated heterocycles. The highest BCUT2D eigenvalue weighted by atomic mass is 16.5. The zero-order chi connectivity index (χ0) is 9.14. The Morgan fingerprint density at radius 3 is 2.58 bits per heavy atom. The van der Waals surface area contributed by atoms with E-state index in [-0.39, 0.29) is 5.56 Å². The van der Waals surface area contributed by atoms with Crippen LogP contribution in [0.2, 0.25) is 0 Å². The molecule has 0 atom stereocenters. The molecule has 4 heteroatoms. The summed E-state index contributed by atoms with van der Waals surface area (Å²) >= 11 is 0. The number of anilines is 1. The summed E-state index contributed by atoms with van der Waals surface area (Å²) < 4.78 is 0. The van der Waals surface area contributed by atoms with Crippen LogP contribution in [0.1, 0.15) is 15.9 Å². The van der Waals surface area contributed by atoms with Gasteiger partial charge in [-0.05, 0) is 30.7 Å². The Morgan fingerprint density at radius 2 is 2.17 bits per heavy atom. The van der Waals surface area contributed by atoms with Crippen molar-refractivity contribution in [1.29, 1.82) is 0 Å². The van der Waals surface area contributed by atoms with Crippen molar-refractivity contribution in [1.82, 2.24) is 0 Å². The predicted octanol–water partition coefficient (Wildman–Crippen LogP) is 1.49. The van der Waals surface area contributed by atoms with Gasteiger partial charge in [-0.3, -0.25) is 10.7 Å². The summed E-state index contributed by atoms with van der Waals surface area (Å²) in [4.78, 5) is 10.5. The maximum absolute atomic E-state index is 10.5. The van der Waals surface area contributed by atoms with Crippen molar-refractivity contribution in [3.8, 4) is 0 Å². The smallest absolute Gasteiger partial charge is 0.335 e. The molecule has 0 aromatic heterocycles. The molecule has 0 fully saturated rings. The van der Waals surface area contributed by atoms with Crippen LogP contribution in [-0.2, 0) is 0 Å². The van der Waals surface area contributed by atoms with Crippen molar-refractivity contribution in [2.24, 2.45) is 0 Å². The molecule has 0 bridgehead atoms. The minimum atomic E-state index is -0.970. The molecular weight excluding hydrogens is 158 g/mol. The van der Waals surface area contributed by atoms with Gasteiger partial charge < -0.3 is 5.11 Å². The first-order chi connectivity index (χ1) is 5.65. The lowest BCUT2D eigenvalue weighted by atomic mass is 10.1. The Labute approximate surface area is 69.4 Å². The third kappa shape index (κ3) is 1.54. The van der Waals surface area contributed by atoms with E-state index >= 15 is 0 Å². The van der Waals surface area contributed by atoms with E-state index in [1.807, 2.05) is 5.48 Å². The van der Waals surface area contributed by atoms with Crippen molar-refractivity contribution in [2.75, 3.05) is 5.48 Å². The lowest BCUT2D eigenvalue weighted by Crippen LogP contribution is -1.99. The number of aryl methyl sites for hydroxylation is 1. The van der Waals surface area contributed by atoms with Crippen LogP contribution in [0.3, 0.4) is 0 Å². The van der Waals surface area contributed by atoms with E-state index in [0.29, 0.717) is 11.3 Å². The maximum Gasteiger partial charge on any atom is 0.335 e. The van der Waals surface area contributed by atoms with Crippen LogP contribution in [0, 0.1) is 6.92 Å². The fraction of sp³-hybridized carbons (Fsp3) is 0.125. The third-order valence-corrected chi connectivity index (χ3v) is 1.59. The predicted molar refractivity (Wildman–Crippen MR) is 43.5 cm³/mol.